The van der Waals surface area contributed by atoms with Gasteiger partial charge in [0.15, 0.2) is 0 Å². The number of nitrogens with two attached hydrogens (primary N) is 1. The van der Waals surface area contributed by atoms with Gasteiger partial charge >= 0.3 is 0 Å². The number of carbonyl (C=O) groups excluding carboxylic acids is 2. The van der Waals surface area contributed by atoms with Crippen LogP contribution in [-0.2, 0) is 9.59 Å². The van der Waals surface area contributed by atoms with Crippen LogP contribution < -0.4 is 10.6 Å². The minimum absolute atomic E-state index is 0.156. The summed E-state index contributed by atoms with van der Waals surface area (Å²) in [7, 11) is 0. The van der Waals surface area contributed by atoms with Crippen LogP contribution in [-0.4, -0.2) is 22.8 Å². The largest absolute Gasteiger partial charge is 0.370 e. The minimum Gasteiger partial charge on any atom is -0.370 e. The number of pyridine rings is 1. The maximum absolute atomic E-state index is 13.0. The predicted molar refractivity (Wildman–Crippen MR) is 121 cm³/mol. The Hall–Kier alpha value is -1.91. The second kappa shape index (κ2) is 7.60. The highest BCUT2D eigenvalue weighted by molar-refractivity contribution is 5.95. The molecule has 5 rings (SSSR count). The molecule has 2 N–H and O–H groups in total. The summed E-state index contributed by atoms with van der Waals surface area (Å²) >= 11 is 0. The first-order valence-electron chi connectivity index (χ1n) is 12.3. The molecule has 168 valence electrons. The summed E-state index contributed by atoms with van der Waals surface area (Å²) in [5.41, 5.74) is 7.04. The number of rotatable bonds is 4. The third-order valence-electron chi connectivity index (χ3n) is 10.2. The highest BCUT2D eigenvalue weighted by Crippen LogP contribution is 2.66. The number of nitrogens with zero attached hydrogens (tertiary/aromatic N) is 2. The number of amides is 2. The Bertz CT molecular complexity index is 857. The summed E-state index contributed by atoms with van der Waals surface area (Å²) < 4.78 is 0. The summed E-state index contributed by atoms with van der Waals surface area (Å²) in [4.78, 5) is 30.7. The van der Waals surface area contributed by atoms with E-state index >= 15 is 0 Å². The SMILES string of the molecule is C[C@]12CC[C@H]3[C@@H](CC[C@H]4N(c5ccncc5)C(=O)CC[C@]34C)[C@@H]1CC[C@@H]2CCC(N)=O. The number of hydrogen-bond acceptors (Lipinski definition) is 3. The summed E-state index contributed by atoms with van der Waals surface area (Å²) in [5.74, 6) is 2.96. The van der Waals surface area contributed by atoms with E-state index in [4.69, 9.17) is 5.73 Å². The van der Waals surface area contributed by atoms with E-state index in [1.54, 1.807) is 12.4 Å². The Labute approximate surface area is 186 Å². The smallest absolute Gasteiger partial charge is 0.227 e. The van der Waals surface area contributed by atoms with Crippen molar-refractivity contribution in [1.29, 1.82) is 0 Å². The van der Waals surface area contributed by atoms with Crippen LogP contribution in [0.3, 0.4) is 0 Å². The Kier molecular flexibility index (Phi) is 5.14. The monoisotopic (exact) mass is 423 g/mol. The highest BCUT2D eigenvalue weighted by atomic mass is 16.2. The average Bonchev–Trinajstić information content (AvgIpc) is 3.09. The van der Waals surface area contributed by atoms with Crippen LogP contribution in [0, 0.1) is 34.5 Å². The normalized spacial score (nSPS) is 41.9. The number of aromatic nitrogens is 1. The zero-order chi connectivity index (χ0) is 21.8. The van der Waals surface area contributed by atoms with Crippen molar-refractivity contribution in [3.63, 3.8) is 0 Å². The number of piperidine rings is 1. The molecule has 3 aliphatic carbocycles. The Morgan fingerprint density at radius 1 is 1.06 bits per heavy atom. The molecular weight excluding hydrogens is 386 g/mol. The lowest BCUT2D eigenvalue weighted by molar-refractivity contribution is -0.131. The molecule has 0 aromatic carbocycles. The highest BCUT2D eigenvalue weighted by Gasteiger charge is 2.61. The van der Waals surface area contributed by atoms with Gasteiger partial charge in [-0.15, -0.1) is 0 Å². The number of anilines is 1. The molecule has 4 fully saturated rings. The summed E-state index contributed by atoms with van der Waals surface area (Å²) in [6.45, 7) is 4.99. The third-order valence-corrected chi connectivity index (χ3v) is 10.2. The fraction of sp³-hybridized carbons (Fsp3) is 0.731. The Balaban J connectivity index is 1.41. The zero-order valence-electron chi connectivity index (χ0n) is 19.1. The van der Waals surface area contributed by atoms with E-state index in [-0.39, 0.29) is 17.2 Å². The van der Waals surface area contributed by atoms with Crippen molar-refractivity contribution in [3.05, 3.63) is 24.5 Å². The number of primary amides is 1. The number of carbonyl (C=O) groups is 2. The predicted octanol–water partition coefficient (Wildman–Crippen LogP) is 4.70. The zero-order valence-corrected chi connectivity index (χ0v) is 19.1. The van der Waals surface area contributed by atoms with Gasteiger partial charge in [0.25, 0.3) is 0 Å². The quantitative estimate of drug-likeness (QED) is 0.762. The van der Waals surface area contributed by atoms with E-state index in [0.29, 0.717) is 36.1 Å². The van der Waals surface area contributed by atoms with Gasteiger partial charge < -0.3 is 10.6 Å². The third kappa shape index (κ3) is 3.22. The van der Waals surface area contributed by atoms with Crippen molar-refractivity contribution in [2.45, 2.75) is 84.1 Å². The molecule has 2 heterocycles. The molecule has 0 unspecified atom stereocenters. The fourth-order valence-corrected chi connectivity index (χ4v) is 8.61. The van der Waals surface area contributed by atoms with Crippen molar-refractivity contribution in [1.82, 2.24) is 4.98 Å². The number of hydrogen-bond donors (Lipinski definition) is 1. The van der Waals surface area contributed by atoms with Crippen LogP contribution in [0.1, 0.15) is 78.1 Å². The van der Waals surface area contributed by atoms with Gasteiger partial charge in [0.05, 0.1) is 0 Å². The molecule has 1 aromatic heterocycles. The molecule has 4 aliphatic rings. The van der Waals surface area contributed by atoms with Gasteiger partial charge in [0, 0.05) is 37.0 Å². The molecule has 31 heavy (non-hydrogen) atoms. The van der Waals surface area contributed by atoms with E-state index in [1.807, 2.05) is 12.1 Å². The Morgan fingerprint density at radius 2 is 1.81 bits per heavy atom. The fourth-order valence-electron chi connectivity index (χ4n) is 8.61. The van der Waals surface area contributed by atoms with Crippen LogP contribution in [0.4, 0.5) is 5.69 Å². The van der Waals surface area contributed by atoms with E-state index in [0.717, 1.165) is 36.8 Å². The van der Waals surface area contributed by atoms with Gasteiger partial charge in [-0.1, -0.05) is 13.8 Å². The first-order chi connectivity index (χ1) is 14.8. The molecule has 1 saturated heterocycles. The molecular formula is C26H37N3O2. The molecule has 5 heteroatoms. The second-order valence-corrected chi connectivity index (χ2v) is 11.3. The number of fused-ring (bicyclic) bond motifs is 5. The van der Waals surface area contributed by atoms with Gasteiger partial charge in [0.1, 0.15) is 0 Å². The van der Waals surface area contributed by atoms with Crippen molar-refractivity contribution >= 4 is 17.5 Å². The van der Waals surface area contributed by atoms with Gasteiger partial charge in [-0.2, -0.15) is 0 Å². The molecule has 7 atom stereocenters. The Morgan fingerprint density at radius 3 is 2.55 bits per heavy atom. The van der Waals surface area contributed by atoms with Crippen LogP contribution in [0.25, 0.3) is 0 Å². The van der Waals surface area contributed by atoms with Gasteiger partial charge in [-0.3, -0.25) is 14.6 Å². The van der Waals surface area contributed by atoms with Crippen LogP contribution >= 0.6 is 0 Å². The van der Waals surface area contributed by atoms with Gasteiger partial charge in [0.2, 0.25) is 11.8 Å². The van der Waals surface area contributed by atoms with Crippen LogP contribution in [0.5, 0.6) is 0 Å². The summed E-state index contributed by atoms with van der Waals surface area (Å²) in [6, 6.07) is 4.29. The lowest BCUT2D eigenvalue weighted by Gasteiger charge is -2.62. The summed E-state index contributed by atoms with van der Waals surface area (Å²) in [5, 5.41) is 0. The van der Waals surface area contributed by atoms with Gasteiger partial charge in [-0.05, 0) is 98.0 Å². The maximum atomic E-state index is 13.0. The minimum atomic E-state index is -0.156. The van der Waals surface area contributed by atoms with E-state index in [1.165, 1.54) is 32.1 Å². The van der Waals surface area contributed by atoms with Crippen LogP contribution in [0.15, 0.2) is 24.5 Å². The molecule has 1 aliphatic heterocycles. The van der Waals surface area contributed by atoms with Crippen molar-refractivity contribution in [3.8, 4) is 0 Å². The molecule has 0 radical (unpaired) electrons. The molecule has 3 saturated carbocycles. The van der Waals surface area contributed by atoms with E-state index in [2.05, 4.69) is 23.7 Å². The van der Waals surface area contributed by atoms with Gasteiger partial charge in [-0.25, -0.2) is 0 Å². The second-order valence-electron chi connectivity index (χ2n) is 11.3. The van der Waals surface area contributed by atoms with E-state index < -0.39 is 0 Å². The van der Waals surface area contributed by atoms with Crippen molar-refractivity contribution < 1.29 is 9.59 Å². The lowest BCUT2D eigenvalue weighted by atomic mass is 9.46. The van der Waals surface area contributed by atoms with Crippen molar-refractivity contribution in [2.75, 3.05) is 4.90 Å². The first kappa shape index (κ1) is 21.0. The van der Waals surface area contributed by atoms with Crippen molar-refractivity contribution in [2.24, 2.45) is 40.2 Å². The molecule has 2 amide bonds. The molecule has 0 spiro atoms. The van der Waals surface area contributed by atoms with E-state index in [9.17, 15) is 9.59 Å². The molecule has 1 aromatic rings. The average molecular weight is 424 g/mol. The maximum Gasteiger partial charge on any atom is 0.227 e. The lowest BCUT2D eigenvalue weighted by Crippen LogP contribution is -2.62. The topological polar surface area (TPSA) is 76.3 Å². The summed E-state index contributed by atoms with van der Waals surface area (Å²) in [6.07, 6.45) is 14.2. The molecule has 0 bridgehead atoms. The standard InChI is InChI=1S/C26H37N3O2/c1-25-13-9-21-19(20(25)6-3-17(25)4-8-23(27)30)5-7-22-26(21,2)14-10-24(31)29(22)18-11-15-28-16-12-18/h11-12,15-17,19-22H,3-10,13-14H2,1-2H3,(H2,27,30)/t17-,19+,20+,21+,22-,25-,26-/m1/s1. The molecule has 5 nitrogen and oxygen atoms in total. The first-order valence-corrected chi connectivity index (χ1v) is 12.3. The van der Waals surface area contributed by atoms with Crippen LogP contribution in [0.2, 0.25) is 0 Å².